The molecule has 1 amide bonds. The summed E-state index contributed by atoms with van der Waals surface area (Å²) >= 11 is 0. The lowest BCUT2D eigenvalue weighted by molar-refractivity contribution is 0.0738. The number of nitrogens with two attached hydrogens (primary N) is 1. The molecule has 2 aromatic rings. The Balaban J connectivity index is 0.00000132. The molecule has 126 valence electrons. The van der Waals surface area contributed by atoms with Gasteiger partial charge in [0.05, 0.1) is 5.52 Å². The van der Waals surface area contributed by atoms with Crippen LogP contribution in [0.4, 0.5) is 0 Å². The van der Waals surface area contributed by atoms with Crippen molar-refractivity contribution in [2.45, 2.75) is 26.3 Å². The third-order valence-corrected chi connectivity index (χ3v) is 4.40. The van der Waals surface area contributed by atoms with E-state index < -0.39 is 0 Å². The van der Waals surface area contributed by atoms with Gasteiger partial charge in [0.15, 0.2) is 0 Å². The van der Waals surface area contributed by atoms with Crippen molar-refractivity contribution in [3.8, 4) is 0 Å². The SMILES string of the molecule is Cc1cc(C(=O)N2CC(CN)CC2C)nc2ccccc12.Cl.Cl. The van der Waals surface area contributed by atoms with Crippen LogP contribution in [-0.4, -0.2) is 34.9 Å². The minimum atomic E-state index is 0. The van der Waals surface area contributed by atoms with Gasteiger partial charge in [-0.1, -0.05) is 18.2 Å². The molecule has 1 saturated heterocycles. The maximum absolute atomic E-state index is 12.7. The number of aromatic nitrogens is 1. The second kappa shape index (κ2) is 7.95. The van der Waals surface area contributed by atoms with Crippen LogP contribution >= 0.6 is 24.8 Å². The van der Waals surface area contributed by atoms with Gasteiger partial charge in [0, 0.05) is 18.0 Å². The van der Waals surface area contributed by atoms with Gasteiger partial charge in [0.2, 0.25) is 0 Å². The molecule has 2 unspecified atom stereocenters. The number of amides is 1. The predicted octanol–water partition coefficient (Wildman–Crippen LogP) is 3.20. The summed E-state index contributed by atoms with van der Waals surface area (Å²) in [4.78, 5) is 19.2. The van der Waals surface area contributed by atoms with Crippen molar-refractivity contribution in [2.24, 2.45) is 11.7 Å². The number of nitrogens with zero attached hydrogens (tertiary/aromatic N) is 2. The van der Waals surface area contributed by atoms with Crippen LogP contribution in [-0.2, 0) is 0 Å². The van der Waals surface area contributed by atoms with Gasteiger partial charge in [-0.15, -0.1) is 24.8 Å². The average molecular weight is 356 g/mol. The van der Waals surface area contributed by atoms with Crippen LogP contribution in [0, 0.1) is 12.8 Å². The molecule has 2 N–H and O–H groups in total. The van der Waals surface area contributed by atoms with Crippen LogP contribution in [0.3, 0.4) is 0 Å². The van der Waals surface area contributed by atoms with E-state index in [1.54, 1.807) is 0 Å². The smallest absolute Gasteiger partial charge is 0.272 e. The largest absolute Gasteiger partial charge is 0.334 e. The van der Waals surface area contributed by atoms with E-state index in [0.29, 0.717) is 18.2 Å². The second-order valence-corrected chi connectivity index (χ2v) is 5.99. The monoisotopic (exact) mass is 355 g/mol. The molecule has 1 aromatic heterocycles. The Morgan fingerprint density at radius 1 is 1.35 bits per heavy atom. The number of aryl methyl sites for hydroxylation is 1. The number of para-hydroxylation sites is 1. The lowest BCUT2D eigenvalue weighted by atomic mass is 10.1. The highest BCUT2D eigenvalue weighted by atomic mass is 35.5. The number of pyridine rings is 1. The van der Waals surface area contributed by atoms with Gasteiger partial charge in [0.25, 0.3) is 5.91 Å². The number of hydrogen-bond acceptors (Lipinski definition) is 3. The van der Waals surface area contributed by atoms with Gasteiger partial charge >= 0.3 is 0 Å². The summed E-state index contributed by atoms with van der Waals surface area (Å²) in [5.41, 5.74) is 8.25. The third-order valence-electron chi connectivity index (χ3n) is 4.40. The van der Waals surface area contributed by atoms with E-state index in [4.69, 9.17) is 5.73 Å². The van der Waals surface area contributed by atoms with E-state index >= 15 is 0 Å². The number of halogens is 2. The van der Waals surface area contributed by atoms with Gasteiger partial charge in [-0.05, 0) is 50.4 Å². The van der Waals surface area contributed by atoms with Crippen LogP contribution in [0.1, 0.15) is 29.4 Å². The minimum Gasteiger partial charge on any atom is -0.334 e. The molecule has 23 heavy (non-hydrogen) atoms. The highest BCUT2D eigenvalue weighted by Crippen LogP contribution is 2.25. The molecular weight excluding hydrogens is 333 g/mol. The number of rotatable bonds is 2. The highest BCUT2D eigenvalue weighted by Gasteiger charge is 2.32. The first-order valence-corrected chi connectivity index (χ1v) is 7.47. The summed E-state index contributed by atoms with van der Waals surface area (Å²) in [5, 5.41) is 1.10. The second-order valence-electron chi connectivity index (χ2n) is 5.99. The molecule has 2 atom stereocenters. The third kappa shape index (κ3) is 3.77. The van der Waals surface area contributed by atoms with Crippen LogP contribution < -0.4 is 5.73 Å². The maximum Gasteiger partial charge on any atom is 0.272 e. The zero-order valence-corrected chi connectivity index (χ0v) is 15.0. The minimum absolute atomic E-state index is 0. The molecule has 0 radical (unpaired) electrons. The molecular formula is C17H23Cl2N3O. The van der Waals surface area contributed by atoms with E-state index in [-0.39, 0.29) is 36.8 Å². The standard InChI is InChI=1S/C17H21N3O.2ClH/c1-11-7-16(19-15-6-4-3-5-14(11)15)17(21)20-10-13(9-18)8-12(20)2;;/h3-7,12-13H,8-10,18H2,1-2H3;2*1H. The number of hydrogen-bond donors (Lipinski definition) is 1. The maximum atomic E-state index is 12.7. The Hall–Kier alpha value is -1.36. The number of carbonyl (C=O) groups is 1. The van der Waals surface area contributed by atoms with Crippen molar-refractivity contribution in [3.05, 3.63) is 41.6 Å². The zero-order valence-electron chi connectivity index (χ0n) is 13.4. The van der Waals surface area contributed by atoms with Gasteiger partial charge in [-0.2, -0.15) is 0 Å². The van der Waals surface area contributed by atoms with Crippen LogP contribution in [0.15, 0.2) is 30.3 Å². The van der Waals surface area contributed by atoms with E-state index in [1.165, 1.54) is 0 Å². The molecule has 1 fully saturated rings. The first-order valence-electron chi connectivity index (χ1n) is 7.47. The topological polar surface area (TPSA) is 59.2 Å². The highest BCUT2D eigenvalue weighted by molar-refractivity contribution is 5.96. The molecule has 0 aliphatic carbocycles. The number of carbonyl (C=O) groups excluding carboxylic acids is 1. The van der Waals surface area contributed by atoms with Gasteiger partial charge in [-0.3, -0.25) is 4.79 Å². The fourth-order valence-corrected chi connectivity index (χ4v) is 3.20. The normalized spacial score (nSPS) is 20.0. The lowest BCUT2D eigenvalue weighted by Crippen LogP contribution is -2.35. The average Bonchev–Trinajstić information content (AvgIpc) is 2.87. The van der Waals surface area contributed by atoms with Crippen molar-refractivity contribution in [1.29, 1.82) is 0 Å². The number of likely N-dealkylation sites (tertiary alicyclic amines) is 1. The zero-order chi connectivity index (χ0) is 15.0. The quantitative estimate of drug-likeness (QED) is 0.899. The molecule has 1 aliphatic rings. The number of benzene rings is 1. The van der Waals surface area contributed by atoms with Gasteiger partial charge in [0.1, 0.15) is 5.69 Å². The Morgan fingerprint density at radius 3 is 2.70 bits per heavy atom. The lowest BCUT2D eigenvalue weighted by Gasteiger charge is -2.21. The van der Waals surface area contributed by atoms with E-state index in [1.807, 2.05) is 42.2 Å². The number of fused-ring (bicyclic) bond motifs is 1. The molecule has 0 saturated carbocycles. The van der Waals surface area contributed by atoms with Crippen molar-refractivity contribution >= 4 is 41.6 Å². The van der Waals surface area contributed by atoms with E-state index in [0.717, 1.165) is 29.4 Å². The fraction of sp³-hybridized carbons (Fsp3) is 0.412. The first kappa shape index (κ1) is 19.7. The van der Waals surface area contributed by atoms with Gasteiger partial charge < -0.3 is 10.6 Å². The molecule has 6 heteroatoms. The summed E-state index contributed by atoms with van der Waals surface area (Å²) in [6.45, 7) is 5.49. The Bertz CT molecular complexity index is 693. The molecule has 2 heterocycles. The fourth-order valence-electron chi connectivity index (χ4n) is 3.20. The molecule has 1 aromatic carbocycles. The summed E-state index contributed by atoms with van der Waals surface area (Å²) < 4.78 is 0. The summed E-state index contributed by atoms with van der Waals surface area (Å²) in [5.74, 6) is 0.429. The Kier molecular flexibility index (Phi) is 6.81. The molecule has 4 nitrogen and oxygen atoms in total. The van der Waals surface area contributed by atoms with Crippen molar-refractivity contribution in [1.82, 2.24) is 9.88 Å². The molecule has 3 rings (SSSR count). The van der Waals surface area contributed by atoms with Crippen molar-refractivity contribution in [2.75, 3.05) is 13.1 Å². The van der Waals surface area contributed by atoms with E-state index in [2.05, 4.69) is 11.9 Å². The van der Waals surface area contributed by atoms with Crippen LogP contribution in [0.2, 0.25) is 0 Å². The molecule has 0 spiro atoms. The summed E-state index contributed by atoms with van der Waals surface area (Å²) in [6, 6.07) is 10.1. The molecule has 0 bridgehead atoms. The Morgan fingerprint density at radius 2 is 2.04 bits per heavy atom. The van der Waals surface area contributed by atoms with Gasteiger partial charge in [-0.25, -0.2) is 4.98 Å². The van der Waals surface area contributed by atoms with Crippen molar-refractivity contribution < 1.29 is 4.79 Å². The van der Waals surface area contributed by atoms with Crippen molar-refractivity contribution in [3.63, 3.8) is 0 Å². The van der Waals surface area contributed by atoms with E-state index in [9.17, 15) is 4.79 Å². The predicted molar refractivity (Wildman–Crippen MR) is 98.6 cm³/mol. The van der Waals surface area contributed by atoms with Crippen LogP contribution in [0.25, 0.3) is 10.9 Å². The summed E-state index contributed by atoms with van der Waals surface area (Å²) in [6.07, 6.45) is 0.981. The summed E-state index contributed by atoms with van der Waals surface area (Å²) in [7, 11) is 0. The first-order chi connectivity index (χ1) is 10.1. The van der Waals surface area contributed by atoms with Crippen LogP contribution in [0.5, 0.6) is 0 Å². The Labute approximate surface area is 149 Å². The molecule has 1 aliphatic heterocycles.